The van der Waals surface area contributed by atoms with Gasteiger partial charge >= 0.3 is 0 Å². The van der Waals surface area contributed by atoms with E-state index in [4.69, 9.17) is 0 Å². The van der Waals surface area contributed by atoms with Crippen molar-refractivity contribution in [2.75, 3.05) is 16.7 Å². The summed E-state index contributed by atoms with van der Waals surface area (Å²) in [4.78, 5) is 13.0. The van der Waals surface area contributed by atoms with Gasteiger partial charge in [-0.25, -0.2) is 8.42 Å². The zero-order valence-electron chi connectivity index (χ0n) is 17.9. The number of rotatable bonds is 9. The third kappa shape index (κ3) is 5.35. The average molecular weight is 482 g/mol. The fourth-order valence-electron chi connectivity index (χ4n) is 3.35. The summed E-state index contributed by atoms with van der Waals surface area (Å²) in [6, 6.07) is 19.8. The van der Waals surface area contributed by atoms with Crippen LogP contribution in [-0.4, -0.2) is 40.9 Å². The maximum Gasteiger partial charge on any atom is 0.261 e. The molecule has 2 aromatic carbocycles. The topological polar surface area (TPSA) is 105 Å². The molecule has 0 aliphatic carbocycles. The van der Waals surface area contributed by atoms with E-state index in [-0.39, 0.29) is 16.8 Å². The van der Waals surface area contributed by atoms with Crippen LogP contribution in [0.25, 0.3) is 5.65 Å². The van der Waals surface area contributed by atoms with E-state index in [0.717, 1.165) is 5.75 Å². The van der Waals surface area contributed by atoms with E-state index in [1.807, 2.05) is 35.1 Å². The first-order valence-electron chi connectivity index (χ1n) is 10.3. The number of carbonyl (C=O) groups is 1. The molecular weight excluding hydrogens is 458 g/mol. The van der Waals surface area contributed by atoms with Crippen LogP contribution in [0.15, 0.2) is 83.9 Å². The predicted molar refractivity (Wildman–Crippen MR) is 130 cm³/mol. The molecule has 0 aliphatic rings. The second kappa shape index (κ2) is 10.1. The summed E-state index contributed by atoms with van der Waals surface area (Å²) in [5.74, 6) is 1.17. The number of benzene rings is 2. The highest BCUT2D eigenvalue weighted by Crippen LogP contribution is 2.20. The molecule has 0 spiro atoms. The smallest absolute Gasteiger partial charge is 0.261 e. The lowest BCUT2D eigenvalue weighted by molar-refractivity contribution is 0.0933. The van der Waals surface area contributed by atoms with Crippen molar-refractivity contribution < 1.29 is 13.2 Å². The van der Waals surface area contributed by atoms with Crippen LogP contribution in [-0.2, 0) is 10.0 Å². The van der Waals surface area contributed by atoms with Gasteiger partial charge in [0.2, 0.25) is 0 Å². The van der Waals surface area contributed by atoms with Gasteiger partial charge in [-0.3, -0.25) is 13.9 Å². The van der Waals surface area contributed by atoms with Crippen molar-refractivity contribution in [3.63, 3.8) is 0 Å². The summed E-state index contributed by atoms with van der Waals surface area (Å²) in [5, 5.41) is 11.5. The Balaban J connectivity index is 1.51. The van der Waals surface area contributed by atoms with Gasteiger partial charge in [-0.15, -0.1) is 10.2 Å². The number of nitrogens with zero attached hydrogens (tertiary/aromatic N) is 3. The molecule has 2 aromatic heterocycles. The summed E-state index contributed by atoms with van der Waals surface area (Å²) in [6.07, 6.45) is 4.54. The summed E-state index contributed by atoms with van der Waals surface area (Å²) < 4.78 is 29.6. The Bertz CT molecular complexity index is 1340. The first-order valence-corrected chi connectivity index (χ1v) is 13.1. The Kier molecular flexibility index (Phi) is 6.95. The van der Waals surface area contributed by atoms with Crippen LogP contribution in [0.2, 0.25) is 0 Å². The van der Waals surface area contributed by atoms with E-state index < -0.39 is 10.0 Å². The van der Waals surface area contributed by atoms with Crippen molar-refractivity contribution in [2.45, 2.75) is 17.4 Å². The fraction of sp³-hybridized carbons (Fsp3) is 0.174. The molecule has 0 aliphatic heterocycles. The van der Waals surface area contributed by atoms with Crippen molar-refractivity contribution in [1.29, 1.82) is 0 Å². The highest BCUT2D eigenvalue weighted by Gasteiger charge is 2.21. The molecular formula is C23H23N5O3S2. The van der Waals surface area contributed by atoms with Gasteiger partial charge in [0.25, 0.3) is 15.9 Å². The average Bonchev–Trinajstić information content (AvgIpc) is 3.26. The lowest BCUT2D eigenvalue weighted by Crippen LogP contribution is -2.30. The van der Waals surface area contributed by atoms with Gasteiger partial charge in [0.1, 0.15) is 0 Å². The molecule has 0 radical (unpaired) electrons. The standard InChI is InChI=1S/C23H23N5O3S2/c1-32-16-14-20(22-26-25-21-9-5-6-15-28(21)22)24-23(29)17-10-12-19(13-11-17)33(30,31)27-18-7-3-2-4-8-18/h2-13,15,20,27H,14,16H2,1H3,(H,24,29). The number of thioether (sulfide) groups is 1. The number of sulfonamides is 1. The number of aromatic nitrogens is 3. The highest BCUT2D eigenvalue weighted by molar-refractivity contribution is 7.98. The van der Waals surface area contributed by atoms with Crippen molar-refractivity contribution in [2.24, 2.45) is 0 Å². The lowest BCUT2D eigenvalue weighted by atomic mass is 10.1. The molecule has 0 saturated heterocycles. The summed E-state index contributed by atoms with van der Waals surface area (Å²) in [7, 11) is -3.76. The maximum atomic E-state index is 13.0. The molecule has 10 heteroatoms. The van der Waals surface area contributed by atoms with Gasteiger partial charge in [0.15, 0.2) is 11.5 Å². The number of fused-ring (bicyclic) bond motifs is 1. The Morgan fingerprint density at radius 2 is 1.73 bits per heavy atom. The number of pyridine rings is 1. The summed E-state index contributed by atoms with van der Waals surface area (Å²) in [5.41, 5.74) is 1.53. The summed E-state index contributed by atoms with van der Waals surface area (Å²) in [6.45, 7) is 0. The molecule has 2 N–H and O–H groups in total. The van der Waals surface area contributed by atoms with E-state index in [1.165, 1.54) is 24.3 Å². The molecule has 8 nitrogen and oxygen atoms in total. The van der Waals surface area contributed by atoms with Crippen molar-refractivity contribution >= 4 is 39.0 Å². The third-order valence-corrected chi connectivity index (χ3v) is 7.06. The quantitative estimate of drug-likeness (QED) is 0.377. The van der Waals surface area contributed by atoms with E-state index in [2.05, 4.69) is 20.2 Å². The highest BCUT2D eigenvalue weighted by atomic mass is 32.2. The van der Waals surface area contributed by atoms with Crippen LogP contribution in [0.3, 0.4) is 0 Å². The monoisotopic (exact) mass is 481 g/mol. The van der Waals surface area contributed by atoms with E-state index in [0.29, 0.717) is 29.1 Å². The normalized spacial score (nSPS) is 12.4. The van der Waals surface area contributed by atoms with Crippen molar-refractivity contribution in [3.8, 4) is 0 Å². The zero-order chi connectivity index (χ0) is 23.3. The number of nitrogens with one attached hydrogen (secondary N) is 2. The third-order valence-electron chi connectivity index (χ3n) is 5.02. The molecule has 4 aromatic rings. The van der Waals surface area contributed by atoms with E-state index in [9.17, 15) is 13.2 Å². The molecule has 33 heavy (non-hydrogen) atoms. The van der Waals surface area contributed by atoms with Crippen LogP contribution >= 0.6 is 11.8 Å². The van der Waals surface area contributed by atoms with Gasteiger partial charge in [-0.2, -0.15) is 11.8 Å². The SMILES string of the molecule is CSCCC(NC(=O)c1ccc(S(=O)(=O)Nc2ccccc2)cc1)c1nnc2ccccn12. The van der Waals surface area contributed by atoms with E-state index in [1.54, 1.807) is 42.1 Å². The Morgan fingerprint density at radius 1 is 1.00 bits per heavy atom. The lowest BCUT2D eigenvalue weighted by Gasteiger charge is -2.17. The molecule has 0 saturated carbocycles. The number of hydrogen-bond donors (Lipinski definition) is 2. The minimum atomic E-state index is -3.76. The molecule has 170 valence electrons. The Labute approximate surface area is 196 Å². The number of amides is 1. The minimum absolute atomic E-state index is 0.0743. The van der Waals surface area contributed by atoms with Crippen molar-refractivity contribution in [1.82, 2.24) is 19.9 Å². The molecule has 1 unspecified atom stereocenters. The number of carbonyl (C=O) groups excluding carboxylic acids is 1. The Morgan fingerprint density at radius 3 is 2.45 bits per heavy atom. The van der Waals surface area contributed by atoms with Gasteiger partial charge in [-0.05, 0) is 67.0 Å². The predicted octanol–water partition coefficient (Wildman–Crippen LogP) is 3.75. The van der Waals surface area contributed by atoms with Gasteiger partial charge < -0.3 is 5.32 Å². The zero-order valence-corrected chi connectivity index (χ0v) is 19.5. The van der Waals surface area contributed by atoms with Gasteiger partial charge in [0.05, 0.1) is 10.9 Å². The minimum Gasteiger partial charge on any atom is -0.342 e. The van der Waals surface area contributed by atoms with Crippen LogP contribution < -0.4 is 10.0 Å². The second-order valence-electron chi connectivity index (χ2n) is 7.29. The van der Waals surface area contributed by atoms with Crippen LogP contribution in [0.4, 0.5) is 5.69 Å². The van der Waals surface area contributed by atoms with Crippen LogP contribution in [0.1, 0.15) is 28.6 Å². The molecule has 1 amide bonds. The van der Waals surface area contributed by atoms with E-state index >= 15 is 0 Å². The number of anilines is 1. The first-order chi connectivity index (χ1) is 16.0. The molecule has 0 bridgehead atoms. The van der Waals surface area contributed by atoms with Crippen LogP contribution in [0, 0.1) is 0 Å². The molecule has 4 rings (SSSR count). The molecule has 1 atom stereocenters. The van der Waals surface area contributed by atoms with Crippen LogP contribution in [0.5, 0.6) is 0 Å². The number of para-hydroxylation sites is 1. The first kappa shape index (κ1) is 22.8. The van der Waals surface area contributed by atoms with Gasteiger partial charge in [0, 0.05) is 17.4 Å². The van der Waals surface area contributed by atoms with Gasteiger partial charge in [-0.1, -0.05) is 24.3 Å². The maximum absolute atomic E-state index is 13.0. The molecule has 0 fully saturated rings. The fourth-order valence-corrected chi connectivity index (χ4v) is 4.88. The number of hydrogen-bond acceptors (Lipinski definition) is 6. The summed E-state index contributed by atoms with van der Waals surface area (Å²) >= 11 is 1.68. The second-order valence-corrected chi connectivity index (χ2v) is 9.96. The largest absolute Gasteiger partial charge is 0.342 e. The Hall–Kier alpha value is -3.37. The van der Waals surface area contributed by atoms with Crippen molar-refractivity contribution in [3.05, 3.63) is 90.4 Å². The molecule has 2 heterocycles.